The van der Waals surface area contributed by atoms with E-state index in [1.54, 1.807) is 24.4 Å². The summed E-state index contributed by atoms with van der Waals surface area (Å²) in [5, 5.41) is 5.25. The standard InChI is InChI=1S/C25H22FN3O/c1-17-6-5-7-20(14-17)25(30)28-27-15-23-18(2)29(24-9-4-3-8-22(23)24)16-19-10-12-21(26)13-11-19/h3-15H,16H2,1-2H3,(H,28,30)/b27-15-. The minimum atomic E-state index is -0.248. The van der Waals surface area contributed by atoms with Crippen LogP contribution < -0.4 is 5.43 Å². The molecule has 0 spiro atoms. The Kier molecular flexibility index (Phi) is 5.44. The van der Waals surface area contributed by atoms with Crippen molar-refractivity contribution in [3.05, 3.63) is 107 Å². The number of halogens is 1. The average molecular weight is 399 g/mol. The molecule has 30 heavy (non-hydrogen) atoms. The molecule has 0 bridgehead atoms. The largest absolute Gasteiger partial charge is 0.340 e. The number of aromatic nitrogens is 1. The fourth-order valence-electron chi connectivity index (χ4n) is 3.60. The average Bonchev–Trinajstić information content (AvgIpc) is 3.01. The molecule has 0 saturated heterocycles. The maximum atomic E-state index is 13.3. The van der Waals surface area contributed by atoms with Gasteiger partial charge in [0.15, 0.2) is 0 Å². The summed E-state index contributed by atoms with van der Waals surface area (Å²) in [7, 11) is 0. The highest BCUT2D eigenvalue weighted by molar-refractivity contribution is 6.02. The van der Waals surface area contributed by atoms with Gasteiger partial charge in [0.1, 0.15) is 5.82 Å². The molecule has 0 fully saturated rings. The molecule has 0 unspecified atom stereocenters. The van der Waals surface area contributed by atoms with E-state index < -0.39 is 0 Å². The maximum Gasteiger partial charge on any atom is 0.271 e. The zero-order valence-electron chi connectivity index (χ0n) is 16.9. The van der Waals surface area contributed by atoms with Crippen LogP contribution >= 0.6 is 0 Å². The Morgan fingerprint density at radius 1 is 1.03 bits per heavy atom. The van der Waals surface area contributed by atoms with Gasteiger partial charge < -0.3 is 4.57 Å². The summed E-state index contributed by atoms with van der Waals surface area (Å²) in [6, 6.07) is 22.0. The highest BCUT2D eigenvalue weighted by Crippen LogP contribution is 2.25. The van der Waals surface area contributed by atoms with Crippen molar-refractivity contribution in [2.24, 2.45) is 5.10 Å². The first-order valence-corrected chi connectivity index (χ1v) is 9.75. The molecule has 5 heteroatoms. The van der Waals surface area contributed by atoms with Gasteiger partial charge in [-0.15, -0.1) is 0 Å². The van der Waals surface area contributed by atoms with Gasteiger partial charge in [0.2, 0.25) is 0 Å². The maximum absolute atomic E-state index is 13.3. The molecule has 3 aromatic carbocycles. The Bertz CT molecular complexity index is 1240. The van der Waals surface area contributed by atoms with Crippen molar-refractivity contribution in [3.63, 3.8) is 0 Å². The monoisotopic (exact) mass is 399 g/mol. The summed E-state index contributed by atoms with van der Waals surface area (Å²) in [6.45, 7) is 4.59. The third-order valence-electron chi connectivity index (χ3n) is 5.17. The van der Waals surface area contributed by atoms with Gasteiger partial charge >= 0.3 is 0 Å². The van der Waals surface area contributed by atoms with Crippen LogP contribution in [0.15, 0.2) is 77.9 Å². The van der Waals surface area contributed by atoms with E-state index in [9.17, 15) is 9.18 Å². The molecule has 0 aliphatic heterocycles. The molecule has 1 amide bonds. The summed E-state index contributed by atoms with van der Waals surface area (Å²) in [5.74, 6) is -0.493. The predicted molar refractivity (Wildman–Crippen MR) is 118 cm³/mol. The molecule has 0 saturated carbocycles. The van der Waals surface area contributed by atoms with Crippen LogP contribution in [-0.4, -0.2) is 16.7 Å². The van der Waals surface area contributed by atoms with Crippen LogP contribution in [0.2, 0.25) is 0 Å². The zero-order chi connectivity index (χ0) is 21.1. The van der Waals surface area contributed by atoms with E-state index in [-0.39, 0.29) is 11.7 Å². The molecule has 0 atom stereocenters. The molecular weight excluding hydrogens is 377 g/mol. The van der Waals surface area contributed by atoms with Crippen molar-refractivity contribution in [3.8, 4) is 0 Å². The number of nitrogens with zero attached hydrogens (tertiary/aromatic N) is 2. The Hall–Kier alpha value is -3.73. The first kappa shape index (κ1) is 19.6. The lowest BCUT2D eigenvalue weighted by Gasteiger charge is -2.08. The molecule has 1 N–H and O–H groups in total. The molecule has 4 aromatic rings. The fourth-order valence-corrected chi connectivity index (χ4v) is 3.60. The third-order valence-corrected chi connectivity index (χ3v) is 5.17. The van der Waals surface area contributed by atoms with E-state index in [0.717, 1.165) is 33.3 Å². The highest BCUT2D eigenvalue weighted by atomic mass is 19.1. The lowest BCUT2D eigenvalue weighted by atomic mass is 10.1. The van der Waals surface area contributed by atoms with E-state index in [2.05, 4.69) is 21.2 Å². The smallest absolute Gasteiger partial charge is 0.271 e. The van der Waals surface area contributed by atoms with Crippen LogP contribution in [0, 0.1) is 19.7 Å². The summed E-state index contributed by atoms with van der Waals surface area (Å²) >= 11 is 0. The highest BCUT2D eigenvalue weighted by Gasteiger charge is 2.13. The summed E-state index contributed by atoms with van der Waals surface area (Å²) in [4.78, 5) is 12.3. The second-order valence-electron chi connectivity index (χ2n) is 7.30. The molecule has 0 aliphatic rings. The second-order valence-corrected chi connectivity index (χ2v) is 7.30. The predicted octanol–water partition coefficient (Wildman–Crippen LogP) is 5.21. The van der Waals surface area contributed by atoms with Crippen molar-refractivity contribution in [2.45, 2.75) is 20.4 Å². The number of hydrazone groups is 1. The van der Waals surface area contributed by atoms with Gasteiger partial charge in [-0.25, -0.2) is 9.82 Å². The van der Waals surface area contributed by atoms with E-state index in [1.165, 1.54) is 12.1 Å². The number of aryl methyl sites for hydroxylation is 1. The quantitative estimate of drug-likeness (QED) is 0.363. The van der Waals surface area contributed by atoms with Crippen LogP contribution in [0.25, 0.3) is 10.9 Å². The van der Waals surface area contributed by atoms with Crippen LogP contribution in [0.5, 0.6) is 0 Å². The number of hydrogen-bond donors (Lipinski definition) is 1. The van der Waals surface area contributed by atoms with Gasteiger partial charge in [0.25, 0.3) is 5.91 Å². The van der Waals surface area contributed by atoms with Crippen molar-refractivity contribution in [2.75, 3.05) is 0 Å². The Labute approximate surface area is 174 Å². The number of carbonyl (C=O) groups is 1. The summed E-state index contributed by atoms with van der Waals surface area (Å²) < 4.78 is 15.4. The number of amides is 1. The first-order chi connectivity index (χ1) is 14.5. The van der Waals surface area contributed by atoms with Crippen molar-refractivity contribution >= 4 is 23.0 Å². The van der Waals surface area contributed by atoms with E-state index in [0.29, 0.717) is 12.1 Å². The molecule has 1 heterocycles. The molecule has 1 aromatic heterocycles. The fraction of sp³-hybridized carbons (Fsp3) is 0.120. The van der Waals surface area contributed by atoms with E-state index in [4.69, 9.17) is 0 Å². The van der Waals surface area contributed by atoms with Crippen LogP contribution in [0.3, 0.4) is 0 Å². The van der Waals surface area contributed by atoms with Crippen LogP contribution in [0.4, 0.5) is 4.39 Å². The number of rotatable bonds is 5. The van der Waals surface area contributed by atoms with Crippen molar-refractivity contribution in [1.82, 2.24) is 9.99 Å². The lowest BCUT2D eigenvalue weighted by Crippen LogP contribution is -2.17. The van der Waals surface area contributed by atoms with Gasteiger partial charge in [-0.1, -0.05) is 48.0 Å². The van der Waals surface area contributed by atoms with Crippen LogP contribution in [-0.2, 0) is 6.54 Å². The van der Waals surface area contributed by atoms with Gasteiger partial charge in [0.05, 0.1) is 6.21 Å². The Morgan fingerprint density at radius 3 is 2.57 bits per heavy atom. The number of para-hydroxylation sites is 1. The topological polar surface area (TPSA) is 46.4 Å². The molecule has 150 valence electrons. The third kappa shape index (κ3) is 4.01. The molecular formula is C25H22FN3O. The van der Waals surface area contributed by atoms with E-state index in [1.807, 2.05) is 50.2 Å². The van der Waals surface area contributed by atoms with Gasteiger partial charge in [0, 0.05) is 34.3 Å². The number of carbonyl (C=O) groups excluding carboxylic acids is 1. The molecule has 4 rings (SSSR count). The number of fused-ring (bicyclic) bond motifs is 1. The number of hydrogen-bond acceptors (Lipinski definition) is 2. The minimum Gasteiger partial charge on any atom is -0.340 e. The van der Waals surface area contributed by atoms with Gasteiger partial charge in [-0.2, -0.15) is 5.10 Å². The van der Waals surface area contributed by atoms with Gasteiger partial charge in [-0.3, -0.25) is 4.79 Å². The van der Waals surface area contributed by atoms with Crippen molar-refractivity contribution in [1.29, 1.82) is 0 Å². The Balaban J connectivity index is 1.62. The molecule has 4 nitrogen and oxygen atoms in total. The molecule has 0 aliphatic carbocycles. The number of benzene rings is 3. The Morgan fingerprint density at radius 2 is 1.80 bits per heavy atom. The number of nitrogens with one attached hydrogen (secondary N) is 1. The zero-order valence-corrected chi connectivity index (χ0v) is 16.9. The molecule has 0 radical (unpaired) electrons. The first-order valence-electron chi connectivity index (χ1n) is 9.75. The van der Waals surface area contributed by atoms with E-state index >= 15 is 0 Å². The summed E-state index contributed by atoms with van der Waals surface area (Å²) in [5.41, 5.74) is 8.24. The second kappa shape index (κ2) is 8.33. The summed E-state index contributed by atoms with van der Waals surface area (Å²) in [6.07, 6.45) is 1.69. The van der Waals surface area contributed by atoms with Crippen LogP contribution in [0.1, 0.15) is 32.7 Å². The van der Waals surface area contributed by atoms with Crippen molar-refractivity contribution < 1.29 is 9.18 Å². The lowest BCUT2D eigenvalue weighted by molar-refractivity contribution is 0.0955. The van der Waals surface area contributed by atoms with Gasteiger partial charge in [-0.05, 0) is 49.7 Å². The SMILES string of the molecule is Cc1cccc(C(=O)N/N=C\c2c(C)n(Cc3ccc(F)cc3)c3ccccc23)c1. The minimum absolute atomic E-state index is 0.245. The normalized spacial score (nSPS) is 11.3.